The Hall–Kier alpha value is -1.30. The largest absolute Gasteiger partial charge is 0.453 e. The summed E-state index contributed by atoms with van der Waals surface area (Å²) in [6.45, 7) is 5.85. The summed E-state index contributed by atoms with van der Waals surface area (Å²) in [6.07, 6.45) is 1.49. The van der Waals surface area contributed by atoms with Gasteiger partial charge in [0.15, 0.2) is 0 Å². The fraction of sp³-hybridized carbons (Fsp3) is 0.867. The van der Waals surface area contributed by atoms with Crippen molar-refractivity contribution in [3.05, 3.63) is 0 Å². The number of nitrogens with zero attached hydrogens (tertiary/aromatic N) is 1. The highest BCUT2D eigenvalue weighted by Gasteiger charge is 2.53. The molecule has 120 valence electrons. The first kappa shape index (κ1) is 16.1. The Bertz CT molecular complexity index is 410. The summed E-state index contributed by atoms with van der Waals surface area (Å²) in [5.41, 5.74) is 0. The number of piperidine rings is 1. The Kier molecular flexibility index (Phi) is 4.76. The van der Waals surface area contributed by atoms with E-state index in [0.717, 1.165) is 19.3 Å². The van der Waals surface area contributed by atoms with Gasteiger partial charge in [0, 0.05) is 6.04 Å². The van der Waals surface area contributed by atoms with Gasteiger partial charge in [-0.2, -0.15) is 0 Å². The predicted octanol–water partition coefficient (Wildman–Crippen LogP) is 1.13. The first-order valence-corrected chi connectivity index (χ1v) is 7.75. The molecule has 0 unspecified atom stereocenters. The van der Waals surface area contributed by atoms with Gasteiger partial charge in [-0.3, -0.25) is 4.79 Å². The summed E-state index contributed by atoms with van der Waals surface area (Å²) in [5, 5.41) is 12.7. The average Bonchev–Trinajstić information content (AvgIpc) is 2.99. The molecule has 2 N–H and O–H groups in total. The minimum Gasteiger partial charge on any atom is -0.453 e. The number of carbonyl (C=O) groups is 2. The first-order valence-electron chi connectivity index (χ1n) is 7.75. The average molecular weight is 298 g/mol. The van der Waals surface area contributed by atoms with E-state index in [9.17, 15) is 14.7 Å². The number of hydrogen-bond acceptors (Lipinski definition) is 4. The lowest BCUT2D eigenvalue weighted by Crippen LogP contribution is -2.58. The Labute approximate surface area is 125 Å². The van der Waals surface area contributed by atoms with E-state index in [1.54, 1.807) is 0 Å². The Morgan fingerprint density at radius 2 is 2.05 bits per heavy atom. The number of nitrogens with one attached hydrogen (secondary N) is 1. The van der Waals surface area contributed by atoms with Gasteiger partial charge in [0.05, 0.1) is 19.3 Å². The molecule has 21 heavy (non-hydrogen) atoms. The molecule has 6 heteroatoms. The molecule has 0 radical (unpaired) electrons. The quantitative estimate of drug-likeness (QED) is 0.815. The van der Waals surface area contributed by atoms with Gasteiger partial charge < -0.3 is 20.1 Å². The lowest BCUT2D eigenvalue weighted by molar-refractivity contribution is -0.142. The standard InChI is InChI=1S/C15H26N2O4/c1-5-10-9-6-11(12(18)7-9)17(10)14(19)13(8(2)3)16-15(20)21-4/h8-13,18H,5-7H2,1-4H3,(H,16,20)/t9-,10-,11+,12+,13+/m1/s1. The molecule has 2 amide bonds. The van der Waals surface area contributed by atoms with Gasteiger partial charge >= 0.3 is 6.09 Å². The molecule has 5 atom stereocenters. The summed E-state index contributed by atoms with van der Waals surface area (Å²) in [4.78, 5) is 26.2. The second-order valence-corrected chi connectivity index (χ2v) is 6.44. The van der Waals surface area contributed by atoms with Crippen LogP contribution in [0, 0.1) is 11.8 Å². The third-order valence-corrected chi connectivity index (χ3v) is 4.86. The van der Waals surface area contributed by atoms with Gasteiger partial charge in [0.2, 0.25) is 5.91 Å². The Balaban J connectivity index is 2.17. The number of alkyl carbamates (subject to hydrolysis) is 1. The molecule has 2 fully saturated rings. The molecule has 0 aromatic carbocycles. The van der Waals surface area contributed by atoms with Crippen molar-refractivity contribution in [3.63, 3.8) is 0 Å². The van der Waals surface area contributed by atoms with E-state index < -0.39 is 18.2 Å². The highest BCUT2D eigenvalue weighted by atomic mass is 16.5. The Morgan fingerprint density at radius 1 is 1.38 bits per heavy atom. The molecule has 2 rings (SSSR count). The fourth-order valence-electron chi connectivity index (χ4n) is 3.83. The van der Waals surface area contributed by atoms with Gasteiger partial charge in [0.1, 0.15) is 6.04 Å². The summed E-state index contributed by atoms with van der Waals surface area (Å²) in [5.74, 6) is 0.240. The van der Waals surface area contributed by atoms with Crippen LogP contribution in [0.1, 0.15) is 40.0 Å². The second-order valence-electron chi connectivity index (χ2n) is 6.44. The fourth-order valence-corrected chi connectivity index (χ4v) is 3.83. The summed E-state index contributed by atoms with van der Waals surface area (Å²) in [7, 11) is 1.29. The van der Waals surface area contributed by atoms with Crippen LogP contribution in [0.3, 0.4) is 0 Å². The van der Waals surface area contributed by atoms with Gasteiger partial charge in [-0.15, -0.1) is 0 Å². The molecule has 0 aromatic rings. The normalized spacial score (nSPS) is 32.4. The number of methoxy groups -OCH3 is 1. The maximum atomic E-state index is 12.9. The number of likely N-dealkylation sites (tertiary alicyclic amines) is 1. The number of aliphatic hydroxyl groups excluding tert-OH is 1. The minimum absolute atomic E-state index is 0.0367. The van der Waals surface area contributed by atoms with Crippen molar-refractivity contribution < 1.29 is 19.4 Å². The zero-order valence-electron chi connectivity index (χ0n) is 13.2. The minimum atomic E-state index is -0.613. The van der Waals surface area contributed by atoms with Crippen LogP contribution in [0.4, 0.5) is 4.79 Å². The van der Waals surface area contributed by atoms with Crippen LogP contribution in [0.2, 0.25) is 0 Å². The number of hydrogen-bond donors (Lipinski definition) is 2. The van der Waals surface area contributed by atoms with E-state index in [1.165, 1.54) is 7.11 Å². The van der Waals surface area contributed by atoms with Crippen molar-refractivity contribution in [3.8, 4) is 0 Å². The molecule has 0 aromatic heterocycles. The van der Waals surface area contributed by atoms with E-state index in [0.29, 0.717) is 5.92 Å². The maximum absolute atomic E-state index is 12.9. The highest BCUT2D eigenvalue weighted by Crippen LogP contribution is 2.44. The summed E-state index contributed by atoms with van der Waals surface area (Å²) < 4.78 is 4.61. The molecule has 1 saturated heterocycles. The van der Waals surface area contributed by atoms with Crippen LogP contribution < -0.4 is 5.32 Å². The third-order valence-electron chi connectivity index (χ3n) is 4.86. The van der Waals surface area contributed by atoms with Gasteiger partial charge in [-0.05, 0) is 31.1 Å². The lowest BCUT2D eigenvalue weighted by Gasteiger charge is -2.40. The number of aliphatic hydroxyl groups is 1. The molecule has 2 aliphatic rings. The molecule has 1 aliphatic carbocycles. The SMILES string of the molecule is CC[C@@H]1[C@H]2C[C@H](O)[C@H](C2)N1C(=O)[C@@H](NC(=O)OC)C(C)C. The van der Waals surface area contributed by atoms with Gasteiger partial charge in [-0.25, -0.2) is 4.79 Å². The van der Waals surface area contributed by atoms with Crippen LogP contribution in [-0.2, 0) is 9.53 Å². The van der Waals surface area contributed by atoms with Crippen molar-refractivity contribution in [2.75, 3.05) is 7.11 Å². The van der Waals surface area contributed by atoms with Crippen molar-refractivity contribution in [1.29, 1.82) is 0 Å². The molecular weight excluding hydrogens is 272 g/mol. The second kappa shape index (κ2) is 6.22. The maximum Gasteiger partial charge on any atom is 0.407 e. The van der Waals surface area contributed by atoms with Crippen molar-refractivity contribution >= 4 is 12.0 Å². The zero-order chi connectivity index (χ0) is 15.7. The zero-order valence-corrected chi connectivity index (χ0v) is 13.2. The molecule has 1 aliphatic heterocycles. The van der Waals surface area contributed by atoms with Gasteiger partial charge in [-0.1, -0.05) is 20.8 Å². The molecule has 0 spiro atoms. The van der Waals surface area contributed by atoms with Crippen LogP contribution in [0.15, 0.2) is 0 Å². The molecule has 2 bridgehead atoms. The van der Waals surface area contributed by atoms with E-state index >= 15 is 0 Å². The molecule has 1 heterocycles. The monoisotopic (exact) mass is 298 g/mol. The predicted molar refractivity (Wildman–Crippen MR) is 77.6 cm³/mol. The first-order chi connectivity index (χ1) is 9.90. The topological polar surface area (TPSA) is 78.9 Å². The van der Waals surface area contributed by atoms with Gasteiger partial charge in [0.25, 0.3) is 0 Å². The molecular formula is C15H26N2O4. The number of carbonyl (C=O) groups excluding carboxylic acids is 2. The highest BCUT2D eigenvalue weighted by molar-refractivity contribution is 5.86. The van der Waals surface area contributed by atoms with Crippen molar-refractivity contribution in [1.82, 2.24) is 10.2 Å². The van der Waals surface area contributed by atoms with E-state index in [-0.39, 0.29) is 23.9 Å². The smallest absolute Gasteiger partial charge is 0.407 e. The molecule has 6 nitrogen and oxygen atoms in total. The van der Waals surface area contributed by atoms with E-state index in [4.69, 9.17) is 0 Å². The molecule has 1 saturated carbocycles. The number of fused-ring (bicyclic) bond motifs is 2. The van der Waals surface area contributed by atoms with E-state index in [1.807, 2.05) is 18.7 Å². The summed E-state index contributed by atoms with van der Waals surface area (Å²) >= 11 is 0. The number of ether oxygens (including phenoxy) is 1. The van der Waals surface area contributed by atoms with Crippen molar-refractivity contribution in [2.24, 2.45) is 11.8 Å². The van der Waals surface area contributed by atoms with Crippen molar-refractivity contribution in [2.45, 2.75) is 64.3 Å². The number of amides is 2. The van der Waals surface area contributed by atoms with Crippen LogP contribution >= 0.6 is 0 Å². The van der Waals surface area contributed by atoms with Crippen LogP contribution in [-0.4, -0.2) is 53.3 Å². The van der Waals surface area contributed by atoms with Crippen LogP contribution in [0.5, 0.6) is 0 Å². The third kappa shape index (κ3) is 2.86. The summed E-state index contributed by atoms with van der Waals surface area (Å²) in [6, 6.07) is -0.544. The Morgan fingerprint density at radius 3 is 2.57 bits per heavy atom. The van der Waals surface area contributed by atoms with Crippen LogP contribution in [0.25, 0.3) is 0 Å². The number of rotatable bonds is 4. The van der Waals surface area contributed by atoms with E-state index in [2.05, 4.69) is 17.0 Å². The lowest BCUT2D eigenvalue weighted by atomic mass is 9.93.